The smallest absolute Gasteiger partial charge is 0.414 e. The highest BCUT2D eigenvalue weighted by molar-refractivity contribution is 5.57. The largest absolute Gasteiger partial charge is 0.497 e. The van der Waals surface area contributed by atoms with Gasteiger partial charge in [0.05, 0.1) is 19.3 Å². The first kappa shape index (κ1) is 20.0. The number of hydrogen-bond donors (Lipinski definition) is 0. The topological polar surface area (TPSA) is 123 Å². The Morgan fingerprint density at radius 1 is 1.16 bits per heavy atom. The molecule has 2 aromatic carbocycles. The van der Waals surface area contributed by atoms with Crippen molar-refractivity contribution in [3.63, 3.8) is 0 Å². The first-order valence-electron chi connectivity index (χ1n) is 9.41. The van der Waals surface area contributed by atoms with Crippen molar-refractivity contribution >= 4 is 5.82 Å². The third-order valence-electron chi connectivity index (χ3n) is 4.49. The summed E-state index contributed by atoms with van der Waals surface area (Å²) < 4.78 is 13.7. The Balaban J connectivity index is 0.000000166. The van der Waals surface area contributed by atoms with Crippen molar-refractivity contribution in [3.05, 3.63) is 70.9 Å². The third kappa shape index (κ3) is 4.34. The van der Waals surface area contributed by atoms with Gasteiger partial charge in [0.25, 0.3) is 0 Å². The number of nitro groups is 1. The van der Waals surface area contributed by atoms with Crippen molar-refractivity contribution in [1.29, 1.82) is 0 Å². The van der Waals surface area contributed by atoms with Gasteiger partial charge in [-0.05, 0) is 46.5 Å². The summed E-state index contributed by atoms with van der Waals surface area (Å²) in [5, 5.41) is 22.1. The van der Waals surface area contributed by atoms with E-state index in [1.54, 1.807) is 16.4 Å². The highest BCUT2D eigenvalue weighted by Crippen LogP contribution is 2.24. The maximum Gasteiger partial charge on any atom is 0.414 e. The molecule has 0 radical (unpaired) electrons. The lowest BCUT2D eigenvalue weighted by molar-refractivity contribution is -0.389. The second-order valence-corrected chi connectivity index (χ2v) is 6.70. The predicted molar refractivity (Wildman–Crippen MR) is 110 cm³/mol. The van der Waals surface area contributed by atoms with E-state index in [2.05, 4.69) is 20.5 Å². The van der Waals surface area contributed by atoms with E-state index in [4.69, 9.17) is 9.47 Å². The molecule has 158 valence electrons. The van der Waals surface area contributed by atoms with Gasteiger partial charge < -0.3 is 19.6 Å². The van der Waals surface area contributed by atoms with E-state index in [9.17, 15) is 10.1 Å². The molecule has 0 amide bonds. The number of ether oxygens (including phenoxy) is 2. The second kappa shape index (κ2) is 8.61. The number of tetrazole rings is 1. The number of aromatic nitrogens is 6. The number of benzene rings is 2. The zero-order chi connectivity index (χ0) is 21.8. The van der Waals surface area contributed by atoms with Crippen LogP contribution >= 0.6 is 0 Å². The molecule has 31 heavy (non-hydrogen) atoms. The quantitative estimate of drug-likeness (QED) is 0.364. The van der Waals surface area contributed by atoms with E-state index in [1.807, 2.05) is 61.5 Å². The molecule has 1 atom stereocenters. The van der Waals surface area contributed by atoms with E-state index >= 15 is 0 Å². The predicted octanol–water partition coefficient (Wildman–Crippen LogP) is 2.91. The molecule has 2 aromatic heterocycles. The molecule has 0 spiro atoms. The zero-order valence-electron chi connectivity index (χ0n) is 16.8. The Bertz CT molecular complexity index is 1150. The van der Waals surface area contributed by atoms with E-state index < -0.39 is 4.92 Å². The van der Waals surface area contributed by atoms with Crippen LogP contribution in [0.15, 0.2) is 60.8 Å². The number of fused-ring (bicyclic) bond motifs is 1. The van der Waals surface area contributed by atoms with Gasteiger partial charge in [-0.1, -0.05) is 30.3 Å². The molecule has 0 bridgehead atoms. The Labute approximate surface area is 177 Å². The lowest BCUT2D eigenvalue weighted by atomic mass is 10.2. The number of rotatable bonds is 4. The van der Waals surface area contributed by atoms with Crippen LogP contribution in [0.4, 0.5) is 5.82 Å². The maximum atomic E-state index is 10.3. The molecular formula is C20H19N7O4. The van der Waals surface area contributed by atoms with Crippen LogP contribution in [0, 0.1) is 10.1 Å². The zero-order valence-corrected chi connectivity index (χ0v) is 16.8. The first-order valence-corrected chi connectivity index (χ1v) is 9.41. The summed E-state index contributed by atoms with van der Waals surface area (Å²) in [5.41, 5.74) is 1.87. The summed E-state index contributed by atoms with van der Waals surface area (Å²) in [4.78, 5) is 13.4. The highest BCUT2D eigenvalue weighted by Gasteiger charge is 2.28. The van der Waals surface area contributed by atoms with Crippen LogP contribution in [0.1, 0.15) is 6.92 Å². The minimum atomic E-state index is -0.528. The van der Waals surface area contributed by atoms with Gasteiger partial charge in [0.15, 0.2) is 5.82 Å². The summed E-state index contributed by atoms with van der Waals surface area (Å²) in [6.07, 6.45) is 1.45. The monoisotopic (exact) mass is 421 g/mol. The van der Waals surface area contributed by atoms with Crippen molar-refractivity contribution in [1.82, 2.24) is 29.8 Å². The molecule has 11 heteroatoms. The van der Waals surface area contributed by atoms with Crippen molar-refractivity contribution in [3.8, 4) is 28.8 Å². The van der Waals surface area contributed by atoms with Crippen LogP contribution < -0.4 is 9.47 Å². The number of methoxy groups -OCH3 is 1. The Morgan fingerprint density at radius 3 is 2.55 bits per heavy atom. The van der Waals surface area contributed by atoms with Crippen molar-refractivity contribution in [2.75, 3.05) is 7.11 Å². The molecular weight excluding hydrogens is 402 g/mol. The summed E-state index contributed by atoms with van der Waals surface area (Å²) >= 11 is 0. The molecule has 0 saturated carbocycles. The molecule has 1 aliphatic rings. The van der Waals surface area contributed by atoms with E-state index in [-0.39, 0.29) is 11.9 Å². The van der Waals surface area contributed by atoms with Gasteiger partial charge in [-0.15, -0.1) is 5.10 Å². The summed E-state index contributed by atoms with van der Waals surface area (Å²) in [6, 6.07) is 17.8. The van der Waals surface area contributed by atoms with E-state index in [1.165, 1.54) is 6.20 Å². The first-order chi connectivity index (χ1) is 15.0. The Hall–Kier alpha value is -4.28. The van der Waals surface area contributed by atoms with Crippen molar-refractivity contribution < 1.29 is 14.4 Å². The lowest BCUT2D eigenvalue weighted by Crippen LogP contribution is -2.08. The number of imidazole rings is 1. The highest BCUT2D eigenvalue weighted by atomic mass is 16.6. The minimum absolute atomic E-state index is 0.0632. The average molecular weight is 421 g/mol. The summed E-state index contributed by atoms with van der Waals surface area (Å²) in [6.45, 7) is 2.52. The number of hydrogen-bond acceptors (Lipinski definition) is 8. The lowest BCUT2D eigenvalue weighted by Gasteiger charge is -2.05. The van der Waals surface area contributed by atoms with Gasteiger partial charge in [-0.3, -0.25) is 4.57 Å². The molecule has 0 saturated heterocycles. The second-order valence-electron chi connectivity index (χ2n) is 6.70. The normalized spacial score (nSPS) is 14.2. The summed E-state index contributed by atoms with van der Waals surface area (Å²) in [7, 11) is 1.64. The van der Waals surface area contributed by atoms with Gasteiger partial charge >= 0.3 is 11.8 Å². The molecule has 1 unspecified atom stereocenters. The fourth-order valence-corrected chi connectivity index (χ4v) is 3.04. The van der Waals surface area contributed by atoms with Gasteiger partial charge in [0.2, 0.25) is 0 Å². The maximum absolute atomic E-state index is 10.3. The Kier molecular flexibility index (Phi) is 5.56. The van der Waals surface area contributed by atoms with Gasteiger partial charge in [0, 0.05) is 10.5 Å². The SMILES string of the molecule is CC1Cn2cc([N+](=O)[O-])nc2O1.COc1ccc(-n2nnnc2-c2ccccc2)cc1. The molecule has 4 aromatic rings. The van der Waals surface area contributed by atoms with Crippen LogP contribution in [0.2, 0.25) is 0 Å². The van der Waals surface area contributed by atoms with Crippen molar-refractivity contribution in [2.45, 2.75) is 19.6 Å². The minimum Gasteiger partial charge on any atom is -0.497 e. The molecule has 0 fully saturated rings. The molecule has 11 nitrogen and oxygen atoms in total. The van der Waals surface area contributed by atoms with Crippen LogP contribution in [0.5, 0.6) is 11.8 Å². The third-order valence-corrected chi connectivity index (χ3v) is 4.49. The van der Waals surface area contributed by atoms with E-state index in [0.29, 0.717) is 18.4 Å². The average Bonchev–Trinajstić information content (AvgIpc) is 3.50. The van der Waals surface area contributed by atoms with E-state index in [0.717, 1.165) is 17.0 Å². The van der Waals surface area contributed by atoms with Crippen LogP contribution in [0.3, 0.4) is 0 Å². The molecule has 0 aliphatic carbocycles. The van der Waals surface area contributed by atoms with Gasteiger partial charge in [-0.2, -0.15) is 4.68 Å². The standard InChI is InChI=1S/C14H12N4O.C6H7N3O3/c1-19-13-9-7-12(8-10-13)18-14(15-16-17-18)11-5-3-2-4-6-11;1-4-2-8-3-5(9(10)11)7-6(8)12-4/h2-10H,1H3;3-4H,2H2,1H3. The molecule has 3 heterocycles. The molecule has 1 aliphatic heterocycles. The summed E-state index contributed by atoms with van der Waals surface area (Å²) in [5.74, 6) is 1.36. The van der Waals surface area contributed by atoms with Crippen LogP contribution in [0.25, 0.3) is 17.1 Å². The fourth-order valence-electron chi connectivity index (χ4n) is 3.04. The van der Waals surface area contributed by atoms with Crippen LogP contribution in [-0.4, -0.2) is 47.9 Å². The fraction of sp³-hybridized carbons (Fsp3) is 0.200. The molecule has 5 rings (SSSR count). The Morgan fingerprint density at radius 2 is 1.90 bits per heavy atom. The van der Waals surface area contributed by atoms with Crippen molar-refractivity contribution in [2.24, 2.45) is 0 Å². The number of nitrogens with zero attached hydrogens (tertiary/aromatic N) is 7. The van der Waals surface area contributed by atoms with Gasteiger partial charge in [-0.25, -0.2) is 0 Å². The molecule has 0 N–H and O–H groups in total. The van der Waals surface area contributed by atoms with Gasteiger partial charge in [0.1, 0.15) is 18.1 Å². The van der Waals surface area contributed by atoms with Crippen LogP contribution in [-0.2, 0) is 6.54 Å².